The van der Waals surface area contributed by atoms with Gasteiger partial charge in [0.2, 0.25) is 0 Å². The van der Waals surface area contributed by atoms with Gasteiger partial charge in [-0.05, 0) is 30.7 Å². The molecule has 2 aromatic heterocycles. The second kappa shape index (κ2) is 5.94. The van der Waals surface area contributed by atoms with Crippen molar-refractivity contribution in [3.8, 4) is 0 Å². The number of ether oxygens (including phenoxy) is 1. The lowest BCUT2D eigenvalue weighted by molar-refractivity contribution is -0.0685. The molecule has 24 heavy (non-hydrogen) atoms. The number of sulfone groups is 1. The van der Waals surface area contributed by atoms with Gasteiger partial charge in [-0.1, -0.05) is 11.3 Å². The molecule has 4 rings (SSSR count). The second-order valence-electron chi connectivity index (χ2n) is 6.27. The SMILES string of the molecule is O=C(Nc1nc2ccsc2s1)NC1CCOC2(CCS(=O)(=O)C2)C1. The average molecular weight is 388 g/mol. The van der Waals surface area contributed by atoms with E-state index in [9.17, 15) is 13.2 Å². The number of anilines is 1. The molecule has 2 aliphatic heterocycles. The maximum atomic E-state index is 12.2. The van der Waals surface area contributed by atoms with Gasteiger partial charge in [-0.15, -0.1) is 11.3 Å². The van der Waals surface area contributed by atoms with Crippen LogP contribution in [-0.4, -0.2) is 49.2 Å². The van der Waals surface area contributed by atoms with Gasteiger partial charge in [0.05, 0.1) is 22.6 Å². The number of carbonyl (C=O) groups excluding carboxylic acids is 1. The summed E-state index contributed by atoms with van der Waals surface area (Å²) in [4.78, 5) is 16.5. The van der Waals surface area contributed by atoms with Crippen molar-refractivity contribution < 1.29 is 17.9 Å². The molecule has 2 amide bonds. The number of hydrogen-bond acceptors (Lipinski definition) is 7. The fourth-order valence-electron chi connectivity index (χ4n) is 3.35. The largest absolute Gasteiger partial charge is 0.374 e. The summed E-state index contributed by atoms with van der Waals surface area (Å²) >= 11 is 3.04. The highest BCUT2D eigenvalue weighted by Gasteiger charge is 2.46. The summed E-state index contributed by atoms with van der Waals surface area (Å²) in [5.41, 5.74) is 0.264. The Bertz CT molecular complexity index is 846. The van der Waals surface area contributed by atoms with E-state index in [-0.39, 0.29) is 23.6 Å². The number of carbonyl (C=O) groups is 1. The zero-order chi connectivity index (χ0) is 16.8. The van der Waals surface area contributed by atoms with Crippen LogP contribution in [0.3, 0.4) is 0 Å². The quantitative estimate of drug-likeness (QED) is 0.823. The van der Waals surface area contributed by atoms with Gasteiger partial charge in [-0.2, -0.15) is 0 Å². The van der Waals surface area contributed by atoms with Crippen LogP contribution in [0.2, 0.25) is 0 Å². The molecule has 2 aliphatic rings. The molecule has 2 unspecified atom stereocenters. The van der Waals surface area contributed by atoms with Crippen molar-refractivity contribution in [1.29, 1.82) is 0 Å². The third-order valence-corrected chi connectivity index (χ3v) is 8.23. The molecule has 2 atom stereocenters. The van der Waals surface area contributed by atoms with Crippen molar-refractivity contribution in [1.82, 2.24) is 10.3 Å². The van der Waals surface area contributed by atoms with Crippen molar-refractivity contribution >= 4 is 53.2 Å². The number of nitrogens with one attached hydrogen (secondary N) is 2. The van der Waals surface area contributed by atoms with E-state index < -0.39 is 15.4 Å². The average Bonchev–Trinajstić information content (AvgIpc) is 3.13. The number of fused-ring (bicyclic) bond motifs is 1. The minimum Gasteiger partial charge on any atom is -0.374 e. The van der Waals surface area contributed by atoms with E-state index in [1.807, 2.05) is 11.4 Å². The Morgan fingerprint density at radius 1 is 1.46 bits per heavy atom. The molecule has 1 spiro atoms. The van der Waals surface area contributed by atoms with Gasteiger partial charge < -0.3 is 10.1 Å². The Hall–Kier alpha value is -1.23. The Balaban J connectivity index is 1.37. The fourth-order valence-corrected chi connectivity index (χ4v) is 7.16. The van der Waals surface area contributed by atoms with E-state index in [1.54, 1.807) is 11.3 Å². The topological polar surface area (TPSA) is 97.4 Å². The number of hydrogen-bond donors (Lipinski definition) is 2. The third kappa shape index (κ3) is 3.28. The summed E-state index contributed by atoms with van der Waals surface area (Å²) in [6.45, 7) is 0.466. The van der Waals surface area contributed by atoms with E-state index >= 15 is 0 Å². The minimum atomic E-state index is -3.02. The van der Waals surface area contributed by atoms with Gasteiger partial charge >= 0.3 is 6.03 Å². The first kappa shape index (κ1) is 16.2. The van der Waals surface area contributed by atoms with Gasteiger partial charge in [0.25, 0.3) is 0 Å². The maximum Gasteiger partial charge on any atom is 0.321 e. The molecule has 4 heterocycles. The van der Waals surface area contributed by atoms with Crippen molar-refractivity contribution in [2.24, 2.45) is 0 Å². The molecular weight excluding hydrogens is 370 g/mol. The number of rotatable bonds is 2. The predicted octanol–water partition coefficient (Wildman–Crippen LogP) is 2.22. The lowest BCUT2D eigenvalue weighted by Gasteiger charge is -2.37. The second-order valence-corrected chi connectivity index (χ2v) is 10.6. The monoisotopic (exact) mass is 387 g/mol. The lowest BCUT2D eigenvalue weighted by atomic mass is 9.90. The van der Waals surface area contributed by atoms with Gasteiger partial charge in [0.1, 0.15) is 4.01 Å². The summed E-state index contributed by atoms with van der Waals surface area (Å²) in [7, 11) is -3.02. The summed E-state index contributed by atoms with van der Waals surface area (Å²) in [5.74, 6) is 0.227. The Kier molecular flexibility index (Phi) is 4.02. The molecule has 10 heteroatoms. The maximum absolute atomic E-state index is 12.2. The van der Waals surface area contributed by atoms with Crippen LogP contribution in [0.25, 0.3) is 9.53 Å². The van der Waals surface area contributed by atoms with Gasteiger partial charge in [0.15, 0.2) is 15.0 Å². The van der Waals surface area contributed by atoms with Crippen LogP contribution in [0, 0.1) is 0 Å². The first-order valence-electron chi connectivity index (χ1n) is 7.69. The summed E-state index contributed by atoms with van der Waals surface area (Å²) in [6.07, 6.45) is 1.73. The van der Waals surface area contributed by atoms with E-state index in [4.69, 9.17) is 4.74 Å². The first-order chi connectivity index (χ1) is 11.4. The number of urea groups is 1. The highest BCUT2D eigenvalue weighted by molar-refractivity contribution is 7.91. The van der Waals surface area contributed by atoms with Crippen LogP contribution in [0.15, 0.2) is 11.4 Å². The number of aromatic nitrogens is 1. The zero-order valence-corrected chi connectivity index (χ0v) is 15.2. The van der Waals surface area contributed by atoms with E-state index in [0.717, 1.165) is 9.53 Å². The van der Waals surface area contributed by atoms with Crippen LogP contribution < -0.4 is 10.6 Å². The molecule has 2 fully saturated rings. The summed E-state index contributed by atoms with van der Waals surface area (Å²) < 4.78 is 30.3. The highest BCUT2D eigenvalue weighted by atomic mass is 32.2. The Morgan fingerprint density at radius 3 is 3.08 bits per heavy atom. The van der Waals surface area contributed by atoms with Gasteiger partial charge in [-0.25, -0.2) is 18.2 Å². The van der Waals surface area contributed by atoms with Crippen LogP contribution in [0.1, 0.15) is 19.3 Å². The molecule has 0 aromatic carbocycles. The molecule has 2 N–H and O–H groups in total. The summed E-state index contributed by atoms with van der Waals surface area (Å²) in [6, 6.07) is 1.52. The third-order valence-electron chi connectivity index (χ3n) is 4.42. The molecule has 0 saturated carbocycles. The van der Waals surface area contributed by atoms with Crippen LogP contribution >= 0.6 is 22.7 Å². The molecule has 0 bridgehead atoms. The zero-order valence-electron chi connectivity index (χ0n) is 12.8. The number of thiazole rings is 1. The molecule has 130 valence electrons. The van der Waals surface area contributed by atoms with Crippen LogP contribution in [0.5, 0.6) is 0 Å². The summed E-state index contributed by atoms with van der Waals surface area (Å²) in [5, 5.41) is 8.23. The Labute approximate surface area is 147 Å². The fraction of sp³-hybridized carbons (Fsp3) is 0.571. The predicted molar refractivity (Wildman–Crippen MR) is 94.6 cm³/mol. The van der Waals surface area contributed by atoms with Crippen molar-refractivity contribution in [2.75, 3.05) is 23.4 Å². The van der Waals surface area contributed by atoms with Crippen molar-refractivity contribution in [3.05, 3.63) is 11.4 Å². The molecule has 0 radical (unpaired) electrons. The standard InChI is InChI=1S/C14H17N3O4S3/c18-12(17-13-16-10-2-5-22-11(10)23-13)15-9-1-4-21-14(7-9)3-6-24(19,20)8-14/h2,5,9H,1,3-4,6-8H2,(H2,15,16,17,18). The molecular formula is C14H17N3O4S3. The van der Waals surface area contributed by atoms with Crippen LogP contribution in [-0.2, 0) is 14.6 Å². The van der Waals surface area contributed by atoms with Crippen molar-refractivity contribution in [2.45, 2.75) is 30.9 Å². The smallest absolute Gasteiger partial charge is 0.321 e. The lowest BCUT2D eigenvalue weighted by Crippen LogP contribution is -2.50. The van der Waals surface area contributed by atoms with Gasteiger partial charge in [0, 0.05) is 12.6 Å². The highest BCUT2D eigenvalue weighted by Crippen LogP contribution is 2.35. The van der Waals surface area contributed by atoms with E-state index in [2.05, 4.69) is 15.6 Å². The normalized spacial score (nSPS) is 29.1. The molecule has 2 aromatic rings. The number of nitrogens with zero attached hydrogens (tertiary/aromatic N) is 1. The molecule has 7 nitrogen and oxygen atoms in total. The van der Waals surface area contributed by atoms with E-state index in [0.29, 0.717) is 31.0 Å². The van der Waals surface area contributed by atoms with Crippen LogP contribution in [0.4, 0.5) is 9.93 Å². The Morgan fingerprint density at radius 2 is 2.33 bits per heavy atom. The number of thiophene rings is 1. The van der Waals surface area contributed by atoms with E-state index in [1.165, 1.54) is 11.3 Å². The molecule has 0 aliphatic carbocycles. The molecule has 2 saturated heterocycles. The number of amides is 2. The van der Waals surface area contributed by atoms with Gasteiger partial charge in [-0.3, -0.25) is 5.32 Å². The minimum absolute atomic E-state index is 0.0581. The van der Waals surface area contributed by atoms with Crippen molar-refractivity contribution in [3.63, 3.8) is 0 Å². The first-order valence-corrected chi connectivity index (χ1v) is 11.2.